The van der Waals surface area contributed by atoms with Gasteiger partial charge in [0.1, 0.15) is 5.69 Å². The summed E-state index contributed by atoms with van der Waals surface area (Å²) in [6.07, 6.45) is 0. The number of amides is 3. The summed E-state index contributed by atoms with van der Waals surface area (Å²) >= 11 is 6.81. The molecule has 1 aromatic heterocycles. The number of carbonyl (C=O) groups is 3. The number of nitrogens with one attached hydrogen (secondary N) is 3. The van der Waals surface area contributed by atoms with Gasteiger partial charge in [-0.15, -0.1) is 0 Å². The maximum absolute atomic E-state index is 13.2. The molecule has 7 nitrogen and oxygen atoms in total. The van der Waals surface area contributed by atoms with Gasteiger partial charge in [0.25, 0.3) is 5.91 Å². The van der Waals surface area contributed by atoms with Crippen LogP contribution in [0.1, 0.15) is 27.2 Å². The Labute approximate surface area is 219 Å². The van der Waals surface area contributed by atoms with Crippen molar-refractivity contribution in [2.24, 2.45) is 0 Å². The Balaban J connectivity index is 1.64. The second kappa shape index (κ2) is 10.1. The van der Waals surface area contributed by atoms with E-state index in [4.69, 9.17) is 0 Å². The van der Waals surface area contributed by atoms with Crippen LogP contribution < -0.4 is 16.1 Å². The van der Waals surface area contributed by atoms with Crippen LogP contribution in [-0.2, 0) is 9.59 Å². The highest BCUT2D eigenvalue weighted by molar-refractivity contribution is 9.10. The van der Waals surface area contributed by atoms with Crippen molar-refractivity contribution in [1.82, 2.24) is 4.68 Å². The fraction of sp³-hybridized carbons (Fsp3) is 0.115. The summed E-state index contributed by atoms with van der Waals surface area (Å²) in [6, 6.07) is 18.1. The summed E-state index contributed by atoms with van der Waals surface area (Å²) in [7, 11) is 0. The summed E-state index contributed by atoms with van der Waals surface area (Å²) in [4.78, 5) is 38.7. The van der Waals surface area contributed by atoms with Gasteiger partial charge >= 0.3 is 11.8 Å². The van der Waals surface area contributed by atoms with Crippen LogP contribution in [0.2, 0.25) is 0 Å². The van der Waals surface area contributed by atoms with E-state index in [1.165, 1.54) is 4.68 Å². The van der Waals surface area contributed by atoms with Crippen molar-refractivity contribution in [3.63, 3.8) is 0 Å². The van der Waals surface area contributed by atoms with E-state index in [0.717, 1.165) is 31.0 Å². The first-order chi connectivity index (χ1) is 16.6. The predicted octanol–water partition coefficient (Wildman–Crippen LogP) is 6.05. The van der Waals surface area contributed by atoms with E-state index in [-0.39, 0.29) is 5.69 Å². The van der Waals surface area contributed by atoms with Crippen LogP contribution in [0.4, 0.5) is 11.4 Å². The van der Waals surface area contributed by atoms with Crippen LogP contribution in [-0.4, -0.2) is 22.4 Å². The molecule has 0 aliphatic carbocycles. The molecule has 1 heterocycles. The van der Waals surface area contributed by atoms with E-state index in [2.05, 4.69) is 47.9 Å². The zero-order valence-corrected chi connectivity index (χ0v) is 22.4. The summed E-state index contributed by atoms with van der Waals surface area (Å²) < 4.78 is 3.01. The Kier molecular flexibility index (Phi) is 7.09. The number of hydrogen-bond donors (Lipinski definition) is 3. The van der Waals surface area contributed by atoms with Crippen molar-refractivity contribution >= 4 is 71.9 Å². The van der Waals surface area contributed by atoms with Gasteiger partial charge in [-0.1, -0.05) is 49.6 Å². The van der Waals surface area contributed by atoms with E-state index in [1.807, 2.05) is 51.1 Å². The quantitative estimate of drug-likeness (QED) is 0.250. The van der Waals surface area contributed by atoms with Crippen LogP contribution in [0.15, 0.2) is 69.6 Å². The topological polar surface area (TPSA) is 92.2 Å². The Morgan fingerprint density at radius 2 is 1.34 bits per heavy atom. The molecule has 35 heavy (non-hydrogen) atoms. The fourth-order valence-electron chi connectivity index (χ4n) is 3.71. The molecule has 4 rings (SSSR count). The van der Waals surface area contributed by atoms with Gasteiger partial charge in [0.2, 0.25) is 0 Å². The number of benzene rings is 3. The van der Waals surface area contributed by atoms with Gasteiger partial charge < -0.3 is 10.6 Å². The summed E-state index contributed by atoms with van der Waals surface area (Å²) in [6.45, 7) is 5.71. The molecule has 3 N–H and O–H groups in total. The van der Waals surface area contributed by atoms with Crippen molar-refractivity contribution in [3.8, 4) is 0 Å². The molecule has 0 spiro atoms. The number of aromatic nitrogens is 1. The first-order valence-corrected chi connectivity index (χ1v) is 12.3. The average molecular weight is 598 g/mol. The van der Waals surface area contributed by atoms with Crippen molar-refractivity contribution in [2.45, 2.75) is 20.8 Å². The zero-order valence-electron chi connectivity index (χ0n) is 19.2. The summed E-state index contributed by atoms with van der Waals surface area (Å²) in [5.41, 5.74) is 7.29. The van der Waals surface area contributed by atoms with Gasteiger partial charge in [-0.3, -0.25) is 19.8 Å². The lowest BCUT2D eigenvalue weighted by Crippen LogP contribution is -2.36. The smallest absolute Gasteiger partial charge is 0.320 e. The first kappa shape index (κ1) is 24.7. The van der Waals surface area contributed by atoms with Crippen molar-refractivity contribution in [3.05, 3.63) is 92.0 Å². The Morgan fingerprint density at radius 1 is 0.714 bits per heavy atom. The third-order valence-corrected chi connectivity index (χ3v) is 6.47. The molecule has 0 fully saturated rings. The lowest BCUT2D eigenvalue weighted by molar-refractivity contribution is -0.133. The number of rotatable bonds is 4. The monoisotopic (exact) mass is 596 g/mol. The average Bonchev–Trinajstić information content (AvgIpc) is 3.14. The SMILES string of the molecule is Cc1ccc(NC(=O)c2cc3cc(Br)ccc3n2NC(=O)C(=O)Nc2ccc(Br)cc2C)c(C)c1. The highest BCUT2D eigenvalue weighted by Gasteiger charge is 2.22. The zero-order chi connectivity index (χ0) is 25.3. The van der Waals surface area contributed by atoms with Crippen molar-refractivity contribution in [2.75, 3.05) is 16.1 Å². The Hall–Kier alpha value is -3.43. The van der Waals surface area contributed by atoms with Gasteiger partial charge in [0.15, 0.2) is 0 Å². The molecule has 0 atom stereocenters. The predicted molar refractivity (Wildman–Crippen MR) is 145 cm³/mol. The van der Waals surface area contributed by atoms with Crippen LogP contribution in [0.3, 0.4) is 0 Å². The second-order valence-corrected chi connectivity index (χ2v) is 10.0. The van der Waals surface area contributed by atoms with E-state index in [9.17, 15) is 14.4 Å². The van der Waals surface area contributed by atoms with Gasteiger partial charge in [-0.05, 0) is 80.4 Å². The largest absolute Gasteiger partial charge is 0.328 e. The van der Waals surface area contributed by atoms with Crippen molar-refractivity contribution < 1.29 is 14.4 Å². The van der Waals surface area contributed by atoms with E-state index >= 15 is 0 Å². The molecule has 0 saturated carbocycles. The molecule has 0 bridgehead atoms. The molecule has 0 radical (unpaired) electrons. The molecule has 0 aliphatic rings. The number of carbonyl (C=O) groups excluding carboxylic acids is 3. The standard InChI is InChI=1S/C26H22Br2N4O3/c1-14-4-7-20(15(2)10-14)29-24(33)23-13-17-12-19(28)6-9-22(17)32(23)31-26(35)25(34)30-21-8-5-18(27)11-16(21)3/h4-13H,1-3H3,(H,29,33)(H,30,34)(H,31,35). The maximum Gasteiger partial charge on any atom is 0.328 e. The molecular formula is C26H22Br2N4O3. The number of hydrogen-bond acceptors (Lipinski definition) is 3. The minimum absolute atomic E-state index is 0.180. The van der Waals surface area contributed by atoms with Crippen molar-refractivity contribution in [1.29, 1.82) is 0 Å². The minimum atomic E-state index is -0.909. The number of fused-ring (bicyclic) bond motifs is 1. The molecule has 0 unspecified atom stereocenters. The molecule has 3 aromatic carbocycles. The van der Waals surface area contributed by atoms with Crippen LogP contribution >= 0.6 is 31.9 Å². The molecule has 0 saturated heterocycles. The molecule has 0 aliphatic heterocycles. The Bertz CT molecular complexity index is 1490. The number of nitrogens with zero attached hydrogens (tertiary/aromatic N) is 1. The molecule has 178 valence electrons. The molecule has 3 amide bonds. The molecule has 4 aromatic rings. The van der Waals surface area contributed by atoms with Crippen LogP contribution in [0.25, 0.3) is 10.9 Å². The number of aryl methyl sites for hydroxylation is 3. The fourth-order valence-corrected chi connectivity index (χ4v) is 4.57. The van der Waals surface area contributed by atoms with E-state index in [1.54, 1.807) is 30.3 Å². The highest BCUT2D eigenvalue weighted by Crippen LogP contribution is 2.25. The van der Waals surface area contributed by atoms with Gasteiger partial charge in [0.05, 0.1) is 5.52 Å². The summed E-state index contributed by atoms with van der Waals surface area (Å²) in [5.74, 6) is -2.18. The molecular weight excluding hydrogens is 576 g/mol. The third kappa shape index (κ3) is 5.47. The Morgan fingerprint density at radius 3 is 2.06 bits per heavy atom. The maximum atomic E-state index is 13.2. The van der Waals surface area contributed by atoms with Gasteiger partial charge in [-0.25, -0.2) is 4.68 Å². The summed E-state index contributed by atoms with van der Waals surface area (Å²) in [5, 5.41) is 6.23. The molecule has 9 heteroatoms. The normalized spacial score (nSPS) is 10.8. The van der Waals surface area contributed by atoms with Gasteiger partial charge in [-0.2, -0.15) is 0 Å². The van der Waals surface area contributed by atoms with Crippen LogP contribution in [0.5, 0.6) is 0 Å². The number of halogens is 2. The lowest BCUT2D eigenvalue weighted by atomic mass is 10.1. The highest BCUT2D eigenvalue weighted by atomic mass is 79.9. The van der Waals surface area contributed by atoms with E-state index < -0.39 is 17.7 Å². The van der Waals surface area contributed by atoms with Crippen LogP contribution in [0, 0.1) is 20.8 Å². The first-order valence-electron chi connectivity index (χ1n) is 10.7. The minimum Gasteiger partial charge on any atom is -0.320 e. The third-order valence-electron chi connectivity index (χ3n) is 5.48. The lowest BCUT2D eigenvalue weighted by Gasteiger charge is -2.14. The van der Waals surface area contributed by atoms with E-state index in [0.29, 0.717) is 16.9 Å². The second-order valence-electron chi connectivity index (χ2n) is 8.19. The number of anilines is 2. The van der Waals surface area contributed by atoms with Gasteiger partial charge in [0, 0.05) is 25.7 Å².